The summed E-state index contributed by atoms with van der Waals surface area (Å²) < 4.78 is 0. The predicted octanol–water partition coefficient (Wildman–Crippen LogP) is 3.83. The Labute approximate surface area is 129 Å². The van der Waals surface area contributed by atoms with E-state index in [9.17, 15) is 4.79 Å². The van der Waals surface area contributed by atoms with Crippen LogP contribution in [0, 0.1) is 6.92 Å². The van der Waals surface area contributed by atoms with Gasteiger partial charge in [-0.2, -0.15) is 0 Å². The van der Waals surface area contributed by atoms with Gasteiger partial charge in [0.15, 0.2) is 0 Å². The van der Waals surface area contributed by atoms with Crippen molar-refractivity contribution >= 4 is 23.2 Å². The molecule has 0 bridgehead atoms. The van der Waals surface area contributed by atoms with Gasteiger partial charge in [0, 0.05) is 22.9 Å². The number of anilines is 1. The highest BCUT2D eigenvalue weighted by atomic mass is 35.5. The number of halogens is 1. The number of nitrogens with one attached hydrogen (secondary N) is 1. The molecule has 1 amide bonds. The summed E-state index contributed by atoms with van der Waals surface area (Å²) in [6.07, 6.45) is 1.50. The van der Waals surface area contributed by atoms with Crippen molar-refractivity contribution in [2.75, 3.05) is 11.9 Å². The van der Waals surface area contributed by atoms with Gasteiger partial charge < -0.3 is 10.4 Å². The van der Waals surface area contributed by atoms with Gasteiger partial charge in [0.25, 0.3) is 5.91 Å². The van der Waals surface area contributed by atoms with E-state index >= 15 is 0 Å². The largest absolute Gasteiger partial charge is 0.396 e. The van der Waals surface area contributed by atoms with Crippen molar-refractivity contribution in [3.05, 3.63) is 64.2 Å². The van der Waals surface area contributed by atoms with Gasteiger partial charge in [-0.05, 0) is 55.2 Å². The summed E-state index contributed by atoms with van der Waals surface area (Å²) in [6, 6.07) is 12.9. The Morgan fingerprint density at radius 1 is 1.24 bits per heavy atom. The highest BCUT2D eigenvalue weighted by Gasteiger charge is 2.10. The number of hydrogen-bond donors (Lipinski definition) is 2. The lowest BCUT2D eigenvalue weighted by Gasteiger charge is -2.09. The fraction of sp³-hybridized carbons (Fsp3) is 0.235. The third kappa shape index (κ3) is 4.31. The third-order valence-corrected chi connectivity index (χ3v) is 3.49. The summed E-state index contributed by atoms with van der Waals surface area (Å²) in [5.74, 6) is -0.172. The van der Waals surface area contributed by atoms with E-state index in [2.05, 4.69) is 5.32 Å². The van der Waals surface area contributed by atoms with Gasteiger partial charge in [0.05, 0.1) is 0 Å². The predicted molar refractivity (Wildman–Crippen MR) is 86.0 cm³/mol. The van der Waals surface area contributed by atoms with Gasteiger partial charge in [0.1, 0.15) is 0 Å². The smallest absolute Gasteiger partial charge is 0.255 e. The Morgan fingerprint density at radius 3 is 2.81 bits per heavy atom. The monoisotopic (exact) mass is 303 g/mol. The molecule has 0 aliphatic rings. The standard InChI is InChI=1S/C17H18ClNO2/c1-12-7-8-14(18)11-16(12)17(21)19-15-6-2-4-13(10-15)5-3-9-20/h2,4,6-8,10-11,20H,3,5,9H2,1H3,(H,19,21). The van der Waals surface area contributed by atoms with Gasteiger partial charge in [-0.15, -0.1) is 0 Å². The van der Waals surface area contributed by atoms with Gasteiger partial charge in [0.2, 0.25) is 0 Å². The highest BCUT2D eigenvalue weighted by Crippen LogP contribution is 2.18. The van der Waals surface area contributed by atoms with Crippen LogP contribution >= 0.6 is 11.6 Å². The quantitative estimate of drug-likeness (QED) is 0.882. The fourth-order valence-electron chi connectivity index (χ4n) is 2.13. The average Bonchev–Trinajstić information content (AvgIpc) is 2.48. The molecular formula is C17H18ClNO2. The van der Waals surface area contributed by atoms with Gasteiger partial charge in [-0.3, -0.25) is 4.79 Å². The van der Waals surface area contributed by atoms with Crippen molar-refractivity contribution in [1.82, 2.24) is 0 Å². The number of aliphatic hydroxyl groups excluding tert-OH is 1. The molecule has 0 aliphatic carbocycles. The molecule has 0 aliphatic heterocycles. The molecule has 0 aromatic heterocycles. The van der Waals surface area contributed by atoms with E-state index in [1.807, 2.05) is 37.3 Å². The zero-order valence-corrected chi connectivity index (χ0v) is 12.7. The first-order valence-electron chi connectivity index (χ1n) is 6.87. The van der Waals surface area contributed by atoms with Crippen LogP contribution in [0.15, 0.2) is 42.5 Å². The maximum Gasteiger partial charge on any atom is 0.255 e. The first-order chi connectivity index (χ1) is 10.1. The second kappa shape index (κ2) is 7.25. The Balaban J connectivity index is 2.14. The van der Waals surface area contributed by atoms with Crippen molar-refractivity contribution in [2.24, 2.45) is 0 Å². The highest BCUT2D eigenvalue weighted by molar-refractivity contribution is 6.31. The lowest BCUT2D eigenvalue weighted by Crippen LogP contribution is -2.13. The summed E-state index contributed by atoms with van der Waals surface area (Å²) in [5.41, 5.74) is 3.29. The molecule has 3 nitrogen and oxygen atoms in total. The number of rotatable bonds is 5. The van der Waals surface area contributed by atoms with E-state index in [1.54, 1.807) is 12.1 Å². The number of aryl methyl sites for hydroxylation is 2. The van der Waals surface area contributed by atoms with Crippen LogP contribution in [0.5, 0.6) is 0 Å². The molecule has 21 heavy (non-hydrogen) atoms. The van der Waals surface area contributed by atoms with Crippen LogP contribution in [0.2, 0.25) is 5.02 Å². The summed E-state index contributed by atoms with van der Waals surface area (Å²) in [6.45, 7) is 2.04. The van der Waals surface area contributed by atoms with Crippen LogP contribution < -0.4 is 5.32 Å². The summed E-state index contributed by atoms with van der Waals surface area (Å²) in [7, 11) is 0. The maximum absolute atomic E-state index is 12.3. The number of amides is 1. The van der Waals surface area contributed by atoms with E-state index in [0.717, 1.165) is 23.2 Å². The topological polar surface area (TPSA) is 49.3 Å². The van der Waals surface area contributed by atoms with E-state index in [0.29, 0.717) is 17.0 Å². The maximum atomic E-state index is 12.3. The van der Waals surface area contributed by atoms with Crippen molar-refractivity contribution in [3.63, 3.8) is 0 Å². The van der Waals surface area contributed by atoms with Crippen molar-refractivity contribution in [3.8, 4) is 0 Å². The lowest BCUT2D eigenvalue weighted by atomic mass is 10.1. The molecule has 2 aromatic carbocycles. The molecule has 110 valence electrons. The van der Waals surface area contributed by atoms with Crippen LogP contribution in [0.25, 0.3) is 0 Å². The first kappa shape index (κ1) is 15.5. The zero-order chi connectivity index (χ0) is 15.2. The van der Waals surface area contributed by atoms with Crippen molar-refractivity contribution in [1.29, 1.82) is 0 Å². The second-order valence-electron chi connectivity index (χ2n) is 4.94. The summed E-state index contributed by atoms with van der Waals surface area (Å²) >= 11 is 5.94. The lowest BCUT2D eigenvalue weighted by molar-refractivity contribution is 0.102. The minimum atomic E-state index is -0.172. The van der Waals surface area contributed by atoms with E-state index in [1.165, 1.54) is 0 Å². The zero-order valence-electron chi connectivity index (χ0n) is 11.9. The van der Waals surface area contributed by atoms with E-state index < -0.39 is 0 Å². The molecule has 0 saturated carbocycles. The molecular weight excluding hydrogens is 286 g/mol. The van der Waals surface area contributed by atoms with E-state index in [4.69, 9.17) is 16.7 Å². The summed E-state index contributed by atoms with van der Waals surface area (Å²) in [4.78, 5) is 12.3. The van der Waals surface area contributed by atoms with Crippen molar-refractivity contribution < 1.29 is 9.90 Å². The van der Waals surface area contributed by atoms with E-state index in [-0.39, 0.29) is 12.5 Å². The average molecular weight is 304 g/mol. The third-order valence-electron chi connectivity index (χ3n) is 3.25. The molecule has 2 rings (SSSR count). The molecule has 0 radical (unpaired) electrons. The molecule has 0 spiro atoms. The van der Waals surface area contributed by atoms with Gasteiger partial charge in [-0.25, -0.2) is 0 Å². The normalized spacial score (nSPS) is 10.4. The van der Waals surface area contributed by atoms with Gasteiger partial charge >= 0.3 is 0 Å². The number of benzene rings is 2. The minimum Gasteiger partial charge on any atom is -0.396 e. The molecule has 2 aromatic rings. The van der Waals surface area contributed by atoms with Crippen LogP contribution in [0.3, 0.4) is 0 Å². The number of carbonyl (C=O) groups excluding carboxylic acids is 1. The van der Waals surface area contributed by atoms with Crippen LogP contribution in [-0.4, -0.2) is 17.6 Å². The Morgan fingerprint density at radius 2 is 2.05 bits per heavy atom. The number of carbonyl (C=O) groups is 1. The van der Waals surface area contributed by atoms with Crippen LogP contribution in [-0.2, 0) is 6.42 Å². The molecule has 0 atom stereocenters. The molecule has 2 N–H and O–H groups in total. The number of aliphatic hydroxyl groups is 1. The minimum absolute atomic E-state index is 0.165. The molecule has 4 heteroatoms. The molecule has 0 unspecified atom stereocenters. The Kier molecular flexibility index (Phi) is 5.37. The Bertz CT molecular complexity index is 640. The fourth-order valence-corrected chi connectivity index (χ4v) is 2.30. The van der Waals surface area contributed by atoms with Crippen LogP contribution in [0.4, 0.5) is 5.69 Å². The molecule has 0 heterocycles. The first-order valence-corrected chi connectivity index (χ1v) is 7.25. The van der Waals surface area contributed by atoms with Crippen molar-refractivity contribution in [2.45, 2.75) is 19.8 Å². The van der Waals surface area contributed by atoms with Crippen LogP contribution in [0.1, 0.15) is 27.9 Å². The second-order valence-corrected chi connectivity index (χ2v) is 5.38. The summed E-state index contributed by atoms with van der Waals surface area (Å²) in [5, 5.41) is 12.3. The van der Waals surface area contributed by atoms with Gasteiger partial charge in [-0.1, -0.05) is 29.8 Å². The SMILES string of the molecule is Cc1ccc(Cl)cc1C(=O)Nc1cccc(CCCO)c1. The Hall–Kier alpha value is -1.84. The molecule has 0 saturated heterocycles. The number of hydrogen-bond acceptors (Lipinski definition) is 2. The molecule has 0 fully saturated rings.